The molecule has 0 spiro atoms. The number of amides is 2. The summed E-state index contributed by atoms with van der Waals surface area (Å²) in [6, 6.07) is 24.7. The first-order valence-corrected chi connectivity index (χ1v) is 17.0. The summed E-state index contributed by atoms with van der Waals surface area (Å²) in [5.74, 6) is 0.291. The van der Waals surface area contributed by atoms with Gasteiger partial charge in [0.2, 0.25) is 0 Å². The van der Waals surface area contributed by atoms with Crippen molar-refractivity contribution in [1.82, 2.24) is 9.80 Å². The normalized spacial score (nSPS) is 22.0. The molecule has 0 aliphatic carbocycles. The molecule has 0 aromatic heterocycles. The predicted molar refractivity (Wildman–Crippen MR) is 177 cm³/mol. The van der Waals surface area contributed by atoms with Crippen molar-refractivity contribution in [2.75, 3.05) is 13.1 Å². The Bertz CT molecular complexity index is 1760. The summed E-state index contributed by atoms with van der Waals surface area (Å²) in [6.45, 7) is -4.50. The average molecular weight is 788 g/mol. The summed E-state index contributed by atoms with van der Waals surface area (Å²) in [4.78, 5) is 28.8. The van der Waals surface area contributed by atoms with E-state index in [4.69, 9.17) is 9.47 Å². The number of nitrogens with zero attached hydrogens (tertiary/aromatic N) is 2. The number of alkyl halides is 4. The number of para-hydroxylation sites is 2. The number of carbonyl (C=O) groups is 2. The third-order valence-electron chi connectivity index (χ3n) is 9.51. The molecule has 4 atom stereocenters. The molecule has 4 heterocycles. The Morgan fingerprint density at radius 1 is 0.583 bits per heavy atom. The van der Waals surface area contributed by atoms with Crippen LogP contribution in [0.1, 0.15) is 79.7 Å². The second-order valence-corrected chi connectivity index (χ2v) is 13.8. The maximum Gasteiger partial charge on any atom is 0.387 e. The zero-order chi connectivity index (χ0) is 33.7. The van der Waals surface area contributed by atoms with Crippen LogP contribution in [0.15, 0.2) is 93.9 Å². The Kier molecular flexibility index (Phi) is 8.97. The lowest BCUT2D eigenvalue weighted by molar-refractivity contribution is -0.0513. The van der Waals surface area contributed by atoms with Crippen LogP contribution in [0.3, 0.4) is 0 Å². The summed E-state index contributed by atoms with van der Waals surface area (Å²) < 4.78 is 62.1. The second-order valence-electron chi connectivity index (χ2n) is 12.0. The lowest BCUT2D eigenvalue weighted by atomic mass is 9.87. The second kappa shape index (κ2) is 13.2. The molecule has 0 bridgehead atoms. The number of halogens is 6. The van der Waals surface area contributed by atoms with Gasteiger partial charge in [-0.05, 0) is 83.6 Å². The summed E-state index contributed by atoms with van der Waals surface area (Å²) in [5, 5.41) is 0. The molecule has 4 aliphatic heterocycles. The van der Waals surface area contributed by atoms with Crippen LogP contribution in [0, 0.1) is 0 Å². The molecule has 4 aromatic carbocycles. The number of ether oxygens (including phenoxy) is 2. The van der Waals surface area contributed by atoms with E-state index in [1.165, 1.54) is 0 Å². The molecule has 6 nitrogen and oxygen atoms in total. The van der Waals surface area contributed by atoms with Crippen molar-refractivity contribution in [2.24, 2.45) is 0 Å². The Balaban J connectivity index is 0.000000152. The zero-order valence-corrected chi connectivity index (χ0v) is 28.3. The molecule has 8 rings (SSSR count). The van der Waals surface area contributed by atoms with Crippen molar-refractivity contribution in [3.05, 3.63) is 127 Å². The Morgan fingerprint density at radius 2 is 0.979 bits per heavy atom. The Hall–Kier alpha value is -3.90. The van der Waals surface area contributed by atoms with Gasteiger partial charge in [-0.2, -0.15) is 17.6 Å². The third-order valence-corrected chi connectivity index (χ3v) is 10.5. The van der Waals surface area contributed by atoms with Crippen LogP contribution < -0.4 is 9.47 Å². The van der Waals surface area contributed by atoms with Crippen LogP contribution >= 0.6 is 31.9 Å². The lowest BCUT2D eigenvalue weighted by Gasteiger charge is -2.23. The summed E-state index contributed by atoms with van der Waals surface area (Å²) in [5.41, 5.74) is 4.74. The smallest absolute Gasteiger partial charge is 0.387 e. The number of carbonyl (C=O) groups excluding carboxylic acids is 2. The number of benzene rings is 4. The van der Waals surface area contributed by atoms with Crippen LogP contribution in [0.25, 0.3) is 0 Å². The van der Waals surface area contributed by atoms with Crippen molar-refractivity contribution in [1.29, 1.82) is 0 Å². The summed E-state index contributed by atoms with van der Waals surface area (Å²) >= 11 is 6.90. The molecular weight excluding hydrogens is 760 g/mol. The fraction of sp³-hybridized carbons (Fsp3) is 0.278. The van der Waals surface area contributed by atoms with Gasteiger partial charge in [0.25, 0.3) is 11.8 Å². The Labute approximate surface area is 290 Å². The van der Waals surface area contributed by atoms with Gasteiger partial charge in [-0.15, -0.1) is 0 Å². The van der Waals surface area contributed by atoms with Gasteiger partial charge >= 0.3 is 13.2 Å². The number of hydrogen-bond donors (Lipinski definition) is 0. The fourth-order valence-corrected chi connectivity index (χ4v) is 8.45. The highest BCUT2D eigenvalue weighted by molar-refractivity contribution is 9.10. The van der Waals surface area contributed by atoms with Gasteiger partial charge in [-0.1, -0.05) is 68.3 Å². The molecule has 48 heavy (non-hydrogen) atoms. The molecule has 2 saturated heterocycles. The molecule has 0 saturated carbocycles. The first kappa shape index (κ1) is 32.6. The molecule has 0 radical (unpaired) electrons. The molecule has 0 unspecified atom stereocenters. The zero-order valence-electron chi connectivity index (χ0n) is 25.2. The van der Waals surface area contributed by atoms with E-state index in [0.717, 1.165) is 44.0 Å². The van der Waals surface area contributed by atoms with Crippen molar-refractivity contribution in [3.8, 4) is 11.5 Å². The fourth-order valence-electron chi connectivity index (χ4n) is 7.70. The molecule has 248 valence electrons. The molecule has 4 aromatic rings. The van der Waals surface area contributed by atoms with Crippen LogP contribution in [0.2, 0.25) is 0 Å². The van der Waals surface area contributed by atoms with Crippen molar-refractivity contribution < 1.29 is 36.6 Å². The SMILES string of the molecule is O=C1c2ccc(Br)cc2[C@H]2[C@@H](c3ccccc3OC(F)F)CCN12.O=C1c2ccc(Br)cc2[C@H]2[C@@H](c3ccccc3OC(F)F)CCN12. The van der Waals surface area contributed by atoms with Gasteiger partial charge in [-0.3, -0.25) is 9.59 Å². The minimum Gasteiger partial charge on any atom is -0.435 e. The van der Waals surface area contributed by atoms with Gasteiger partial charge in [0.05, 0.1) is 12.1 Å². The minimum atomic E-state index is -2.87. The monoisotopic (exact) mass is 786 g/mol. The van der Waals surface area contributed by atoms with E-state index in [1.54, 1.807) is 24.3 Å². The van der Waals surface area contributed by atoms with E-state index in [1.807, 2.05) is 70.5 Å². The van der Waals surface area contributed by atoms with E-state index in [9.17, 15) is 27.2 Å². The van der Waals surface area contributed by atoms with Crippen LogP contribution in [-0.4, -0.2) is 47.9 Å². The molecule has 4 aliphatic rings. The molecular formula is C36H28Br2F4N2O4. The highest BCUT2D eigenvalue weighted by Gasteiger charge is 2.48. The van der Waals surface area contributed by atoms with E-state index in [0.29, 0.717) is 24.2 Å². The van der Waals surface area contributed by atoms with Gasteiger partial charge in [-0.25, -0.2) is 0 Å². The number of rotatable bonds is 6. The molecule has 2 amide bonds. The highest BCUT2D eigenvalue weighted by Crippen LogP contribution is 2.53. The van der Waals surface area contributed by atoms with Gasteiger partial charge < -0.3 is 19.3 Å². The van der Waals surface area contributed by atoms with Crippen molar-refractivity contribution in [3.63, 3.8) is 0 Å². The summed E-state index contributed by atoms with van der Waals surface area (Å²) in [6.07, 6.45) is 1.46. The van der Waals surface area contributed by atoms with Gasteiger partial charge in [0.15, 0.2) is 0 Å². The van der Waals surface area contributed by atoms with E-state index in [-0.39, 0.29) is 47.2 Å². The first-order valence-electron chi connectivity index (χ1n) is 15.4. The first-order chi connectivity index (χ1) is 23.1. The largest absolute Gasteiger partial charge is 0.435 e. The maximum atomic E-state index is 12.7. The highest BCUT2D eigenvalue weighted by atomic mass is 79.9. The van der Waals surface area contributed by atoms with Crippen LogP contribution in [-0.2, 0) is 0 Å². The number of hydrogen-bond acceptors (Lipinski definition) is 4. The van der Waals surface area contributed by atoms with Crippen LogP contribution in [0.4, 0.5) is 17.6 Å². The summed E-state index contributed by atoms with van der Waals surface area (Å²) in [7, 11) is 0. The van der Waals surface area contributed by atoms with E-state index >= 15 is 0 Å². The van der Waals surface area contributed by atoms with Crippen molar-refractivity contribution >= 4 is 43.7 Å². The molecule has 0 N–H and O–H groups in total. The van der Waals surface area contributed by atoms with Crippen LogP contribution in [0.5, 0.6) is 11.5 Å². The standard InChI is InChI=1S/2C18H14BrF2NO2/c2*19-10-5-6-13-14(9-10)16-12(7-8-22(16)17(13)23)11-3-1-2-4-15(11)24-18(20)21/h2*1-6,9,12,16,18H,7-8H2/t2*12-,16-/m11/s1. The van der Waals surface area contributed by atoms with E-state index < -0.39 is 13.2 Å². The minimum absolute atomic E-state index is 0.0114. The average Bonchev–Trinajstić information content (AvgIpc) is 3.80. The lowest BCUT2D eigenvalue weighted by Crippen LogP contribution is -2.23. The number of fused-ring (bicyclic) bond motifs is 6. The van der Waals surface area contributed by atoms with E-state index in [2.05, 4.69) is 31.9 Å². The van der Waals surface area contributed by atoms with Gasteiger partial charge in [0, 0.05) is 45.0 Å². The molecule has 2 fully saturated rings. The Morgan fingerprint density at radius 3 is 1.38 bits per heavy atom. The quantitative estimate of drug-likeness (QED) is 0.183. The molecule has 12 heteroatoms. The third kappa shape index (κ3) is 5.87. The topological polar surface area (TPSA) is 59.1 Å². The van der Waals surface area contributed by atoms with Crippen molar-refractivity contribution in [2.45, 2.75) is 50.0 Å². The predicted octanol–water partition coefficient (Wildman–Crippen LogP) is 9.47. The van der Waals surface area contributed by atoms with Gasteiger partial charge in [0.1, 0.15) is 11.5 Å². The maximum absolute atomic E-state index is 12.7.